The van der Waals surface area contributed by atoms with E-state index in [0.29, 0.717) is 0 Å². The maximum atomic E-state index is 5.41. The molecule has 1 aliphatic heterocycles. The molecule has 0 amide bonds. The van der Waals surface area contributed by atoms with Crippen LogP contribution in [0.4, 0.5) is 5.82 Å². The summed E-state index contributed by atoms with van der Waals surface area (Å²) in [4.78, 5) is 2.41. The summed E-state index contributed by atoms with van der Waals surface area (Å²) < 4.78 is 5.41. The van der Waals surface area contributed by atoms with Gasteiger partial charge in [0.1, 0.15) is 0 Å². The number of rotatable bonds is 6. The molecule has 7 heteroatoms. The lowest BCUT2D eigenvalue weighted by molar-refractivity contribution is 0.0398. The molecule has 0 atom stereocenters. The van der Waals surface area contributed by atoms with Gasteiger partial charge >= 0.3 is 0 Å². The van der Waals surface area contributed by atoms with E-state index in [1.165, 1.54) is 0 Å². The molecular formula is C22H26Cl2N4O. The van der Waals surface area contributed by atoms with Crippen LogP contribution in [0.5, 0.6) is 0 Å². The quantitative estimate of drug-likeness (QED) is 0.625. The summed E-state index contributed by atoms with van der Waals surface area (Å²) in [5.74, 6) is 0.828. The van der Waals surface area contributed by atoms with E-state index in [4.69, 9.17) is 4.74 Å². The fourth-order valence-corrected chi connectivity index (χ4v) is 3.27. The van der Waals surface area contributed by atoms with E-state index in [1.54, 1.807) is 0 Å². The smallest absolute Gasteiger partial charge is 0.156 e. The van der Waals surface area contributed by atoms with Gasteiger partial charge in [-0.15, -0.1) is 35.0 Å². The van der Waals surface area contributed by atoms with Crippen LogP contribution in [0.15, 0.2) is 66.7 Å². The second-order valence-corrected chi connectivity index (χ2v) is 6.60. The highest BCUT2D eigenvalue weighted by molar-refractivity contribution is 5.85. The number of ether oxygens (including phenoxy) is 1. The number of halogens is 2. The summed E-state index contributed by atoms with van der Waals surface area (Å²) >= 11 is 0. The van der Waals surface area contributed by atoms with Crippen molar-refractivity contribution in [1.82, 2.24) is 15.1 Å². The third kappa shape index (κ3) is 6.15. The van der Waals surface area contributed by atoms with Crippen molar-refractivity contribution in [1.29, 1.82) is 0 Å². The lowest BCUT2D eigenvalue weighted by atomic mass is 10.0. The first-order valence-corrected chi connectivity index (χ1v) is 9.43. The summed E-state index contributed by atoms with van der Waals surface area (Å²) in [5, 5.41) is 12.4. The maximum Gasteiger partial charge on any atom is 0.156 e. The van der Waals surface area contributed by atoms with Crippen LogP contribution in [-0.4, -0.2) is 54.5 Å². The average Bonchev–Trinajstić information content (AvgIpc) is 2.76. The summed E-state index contributed by atoms with van der Waals surface area (Å²) in [7, 11) is 0. The fourth-order valence-electron chi connectivity index (χ4n) is 3.27. The molecule has 0 bridgehead atoms. The number of nitrogens with one attached hydrogen (secondary N) is 1. The minimum absolute atomic E-state index is 0. The molecule has 2 aromatic carbocycles. The molecular weight excluding hydrogens is 407 g/mol. The van der Waals surface area contributed by atoms with Gasteiger partial charge in [-0.1, -0.05) is 60.7 Å². The molecule has 154 valence electrons. The van der Waals surface area contributed by atoms with Crippen LogP contribution in [0.3, 0.4) is 0 Å². The van der Waals surface area contributed by atoms with Crippen LogP contribution in [0.2, 0.25) is 0 Å². The molecule has 1 saturated heterocycles. The Labute approximate surface area is 184 Å². The molecule has 0 radical (unpaired) electrons. The van der Waals surface area contributed by atoms with Crippen LogP contribution in [0, 0.1) is 0 Å². The topological polar surface area (TPSA) is 50.3 Å². The van der Waals surface area contributed by atoms with Gasteiger partial charge in [-0.25, -0.2) is 0 Å². The Morgan fingerprint density at radius 2 is 1.45 bits per heavy atom. The van der Waals surface area contributed by atoms with Crippen molar-refractivity contribution in [2.45, 2.75) is 0 Å². The Hall–Kier alpha value is -2.18. The number of aromatic nitrogens is 2. The first kappa shape index (κ1) is 23.1. The fraction of sp³-hybridized carbons (Fsp3) is 0.273. The summed E-state index contributed by atoms with van der Waals surface area (Å²) in [6.07, 6.45) is 0. The Balaban J connectivity index is 0.00000150. The Morgan fingerprint density at radius 3 is 2.10 bits per heavy atom. The molecule has 0 aliphatic carbocycles. The Kier molecular flexibility index (Phi) is 9.35. The molecule has 0 spiro atoms. The highest BCUT2D eigenvalue weighted by atomic mass is 35.5. The average molecular weight is 433 g/mol. The van der Waals surface area contributed by atoms with E-state index in [-0.39, 0.29) is 24.8 Å². The zero-order valence-corrected chi connectivity index (χ0v) is 17.8. The number of nitrogens with zero attached hydrogens (tertiary/aromatic N) is 3. The van der Waals surface area contributed by atoms with Gasteiger partial charge in [-0.2, -0.15) is 0 Å². The normalized spacial score (nSPS) is 13.8. The van der Waals surface area contributed by atoms with Gasteiger partial charge in [0.2, 0.25) is 0 Å². The number of hydrogen-bond donors (Lipinski definition) is 1. The van der Waals surface area contributed by atoms with Gasteiger partial charge in [0, 0.05) is 37.3 Å². The third-order valence-corrected chi connectivity index (χ3v) is 4.77. The predicted octanol–water partition coefficient (Wildman–Crippen LogP) is 4.40. The molecule has 1 aromatic heterocycles. The first-order valence-electron chi connectivity index (χ1n) is 9.43. The molecule has 29 heavy (non-hydrogen) atoms. The molecule has 0 unspecified atom stereocenters. The van der Waals surface area contributed by atoms with E-state index in [2.05, 4.69) is 62.9 Å². The van der Waals surface area contributed by atoms with Gasteiger partial charge in [-0.05, 0) is 11.6 Å². The standard InChI is InChI=1S/C22H24N4O.2ClH/c1-3-7-18(8-4-1)20-17-21(19-9-5-2-6-10-19)24-25-22(20)23-11-12-26-13-15-27-16-14-26;;/h1-10,17H,11-16H2,(H,23,25);2*1H. The summed E-state index contributed by atoms with van der Waals surface area (Å²) in [6.45, 7) is 5.43. The molecule has 4 rings (SSSR count). The van der Waals surface area contributed by atoms with Crippen molar-refractivity contribution >= 4 is 30.6 Å². The van der Waals surface area contributed by atoms with Crippen LogP contribution < -0.4 is 5.32 Å². The SMILES string of the molecule is Cl.Cl.c1ccc(-c2cc(-c3ccccc3)c(NCCN3CCOCC3)nn2)cc1. The highest BCUT2D eigenvalue weighted by Crippen LogP contribution is 2.29. The van der Waals surface area contributed by atoms with Gasteiger partial charge in [-0.3, -0.25) is 4.90 Å². The van der Waals surface area contributed by atoms with E-state index in [0.717, 1.165) is 67.6 Å². The zero-order chi connectivity index (χ0) is 18.3. The van der Waals surface area contributed by atoms with Crippen molar-refractivity contribution in [3.05, 3.63) is 66.7 Å². The minimum Gasteiger partial charge on any atom is -0.379 e. The first-order chi connectivity index (χ1) is 13.4. The van der Waals surface area contributed by atoms with Crippen LogP contribution in [-0.2, 0) is 4.74 Å². The largest absolute Gasteiger partial charge is 0.379 e. The number of morpholine rings is 1. The van der Waals surface area contributed by atoms with E-state index in [1.807, 2.05) is 24.3 Å². The van der Waals surface area contributed by atoms with Gasteiger partial charge in [0.25, 0.3) is 0 Å². The molecule has 1 aliphatic rings. The maximum absolute atomic E-state index is 5.41. The number of benzene rings is 2. The van der Waals surface area contributed by atoms with Crippen LogP contribution in [0.1, 0.15) is 0 Å². The monoisotopic (exact) mass is 432 g/mol. The third-order valence-electron chi connectivity index (χ3n) is 4.77. The van der Waals surface area contributed by atoms with E-state index < -0.39 is 0 Å². The van der Waals surface area contributed by atoms with Gasteiger partial charge in [0.05, 0.1) is 18.9 Å². The summed E-state index contributed by atoms with van der Waals surface area (Å²) in [5.41, 5.74) is 4.17. The lowest BCUT2D eigenvalue weighted by Gasteiger charge is -2.26. The minimum atomic E-state index is 0. The number of hydrogen-bond acceptors (Lipinski definition) is 5. The van der Waals surface area contributed by atoms with Crippen molar-refractivity contribution < 1.29 is 4.74 Å². The van der Waals surface area contributed by atoms with Crippen LogP contribution in [0.25, 0.3) is 22.4 Å². The molecule has 0 saturated carbocycles. The highest BCUT2D eigenvalue weighted by Gasteiger charge is 2.13. The molecule has 1 N–H and O–H groups in total. The predicted molar refractivity (Wildman–Crippen MR) is 123 cm³/mol. The lowest BCUT2D eigenvalue weighted by Crippen LogP contribution is -2.39. The second kappa shape index (κ2) is 11.7. The number of anilines is 1. The van der Waals surface area contributed by atoms with Crippen molar-refractivity contribution in [3.63, 3.8) is 0 Å². The summed E-state index contributed by atoms with van der Waals surface area (Å²) in [6, 6.07) is 22.6. The zero-order valence-electron chi connectivity index (χ0n) is 16.2. The second-order valence-electron chi connectivity index (χ2n) is 6.60. The molecule has 5 nitrogen and oxygen atoms in total. The van der Waals surface area contributed by atoms with E-state index in [9.17, 15) is 0 Å². The Morgan fingerprint density at radius 1 is 0.828 bits per heavy atom. The van der Waals surface area contributed by atoms with Gasteiger partial charge in [0.15, 0.2) is 5.82 Å². The molecule has 1 fully saturated rings. The van der Waals surface area contributed by atoms with Crippen molar-refractivity contribution in [3.8, 4) is 22.4 Å². The molecule has 2 heterocycles. The van der Waals surface area contributed by atoms with Crippen molar-refractivity contribution in [2.75, 3.05) is 44.7 Å². The Bertz CT molecular complexity index is 859. The van der Waals surface area contributed by atoms with Crippen molar-refractivity contribution in [2.24, 2.45) is 0 Å². The van der Waals surface area contributed by atoms with Crippen LogP contribution >= 0.6 is 24.8 Å². The van der Waals surface area contributed by atoms with E-state index >= 15 is 0 Å². The molecule has 3 aromatic rings. The van der Waals surface area contributed by atoms with Gasteiger partial charge < -0.3 is 10.1 Å².